The van der Waals surface area contributed by atoms with E-state index in [0.29, 0.717) is 0 Å². The summed E-state index contributed by atoms with van der Waals surface area (Å²) in [6, 6.07) is 0.832. The van der Waals surface area contributed by atoms with Crippen molar-refractivity contribution in [3.05, 3.63) is 12.7 Å². The lowest BCUT2D eigenvalue weighted by Crippen LogP contribution is -2.18. The average molecular weight is 169 g/mol. The van der Waals surface area contributed by atoms with Gasteiger partial charge in [-0.05, 0) is 32.2 Å². The quantitative estimate of drug-likeness (QED) is 0.441. The van der Waals surface area contributed by atoms with Gasteiger partial charge in [-0.3, -0.25) is 0 Å². The van der Waals surface area contributed by atoms with E-state index in [1.807, 2.05) is 6.08 Å². The van der Waals surface area contributed by atoms with Crippen molar-refractivity contribution in [2.75, 3.05) is 19.8 Å². The summed E-state index contributed by atoms with van der Waals surface area (Å²) in [4.78, 5) is 0. The van der Waals surface area contributed by atoms with Crippen molar-refractivity contribution in [1.29, 1.82) is 0 Å². The van der Waals surface area contributed by atoms with Crippen LogP contribution >= 0.6 is 0 Å². The van der Waals surface area contributed by atoms with E-state index in [2.05, 4.69) is 11.9 Å². The van der Waals surface area contributed by atoms with Gasteiger partial charge in [0.15, 0.2) is 0 Å². The highest BCUT2D eigenvalue weighted by Gasteiger charge is 2.19. The van der Waals surface area contributed by atoms with Crippen LogP contribution in [-0.4, -0.2) is 25.8 Å². The summed E-state index contributed by atoms with van der Waals surface area (Å²) in [5, 5.41) is 3.45. The van der Waals surface area contributed by atoms with E-state index in [0.717, 1.165) is 38.6 Å². The molecule has 2 heteroatoms. The molecule has 0 unspecified atom stereocenters. The predicted molar refractivity (Wildman–Crippen MR) is 51.3 cm³/mol. The topological polar surface area (TPSA) is 21.3 Å². The minimum Gasteiger partial charge on any atom is -0.381 e. The van der Waals surface area contributed by atoms with Gasteiger partial charge in [-0.2, -0.15) is 0 Å². The molecule has 1 aliphatic carbocycles. The van der Waals surface area contributed by atoms with Crippen molar-refractivity contribution < 1.29 is 4.74 Å². The van der Waals surface area contributed by atoms with Crippen LogP contribution in [0.4, 0.5) is 0 Å². The zero-order chi connectivity index (χ0) is 8.65. The second kappa shape index (κ2) is 6.21. The molecule has 0 radical (unpaired) electrons. The molecule has 1 aliphatic rings. The van der Waals surface area contributed by atoms with E-state index in [1.165, 1.54) is 12.8 Å². The Kier molecular flexibility index (Phi) is 5.04. The van der Waals surface area contributed by atoms with E-state index in [9.17, 15) is 0 Å². The molecule has 0 spiro atoms. The normalized spacial score (nSPS) is 16.3. The Balaban J connectivity index is 1.67. The summed E-state index contributed by atoms with van der Waals surface area (Å²) in [6.45, 7) is 6.45. The van der Waals surface area contributed by atoms with E-state index in [-0.39, 0.29) is 0 Å². The number of rotatable bonds is 8. The lowest BCUT2D eigenvalue weighted by Gasteiger charge is -2.03. The summed E-state index contributed by atoms with van der Waals surface area (Å²) in [5.74, 6) is 0. The average Bonchev–Trinajstić information content (AvgIpc) is 2.87. The van der Waals surface area contributed by atoms with Crippen LogP contribution in [0.1, 0.15) is 25.7 Å². The maximum atomic E-state index is 5.37. The largest absolute Gasteiger partial charge is 0.381 e. The molecule has 0 bridgehead atoms. The van der Waals surface area contributed by atoms with Crippen molar-refractivity contribution in [3.63, 3.8) is 0 Å². The Hall–Kier alpha value is -0.340. The molecule has 1 fully saturated rings. The van der Waals surface area contributed by atoms with Crippen LogP contribution in [0.3, 0.4) is 0 Å². The zero-order valence-electron chi connectivity index (χ0n) is 7.72. The number of nitrogens with one attached hydrogen (secondary N) is 1. The van der Waals surface area contributed by atoms with Gasteiger partial charge in [0.05, 0.1) is 0 Å². The molecule has 0 saturated heterocycles. The molecule has 1 saturated carbocycles. The summed E-state index contributed by atoms with van der Waals surface area (Å²) in [5.41, 5.74) is 0. The van der Waals surface area contributed by atoms with Crippen molar-refractivity contribution in [2.24, 2.45) is 0 Å². The predicted octanol–water partition coefficient (Wildman–Crippen LogP) is 1.72. The molecule has 0 aromatic heterocycles. The van der Waals surface area contributed by atoms with Crippen LogP contribution in [0.5, 0.6) is 0 Å². The summed E-state index contributed by atoms with van der Waals surface area (Å²) in [7, 11) is 0. The number of ether oxygens (including phenoxy) is 1. The first-order valence-electron chi connectivity index (χ1n) is 4.85. The van der Waals surface area contributed by atoms with Crippen LogP contribution in [0.15, 0.2) is 12.7 Å². The van der Waals surface area contributed by atoms with Gasteiger partial charge in [-0.1, -0.05) is 6.08 Å². The highest BCUT2D eigenvalue weighted by molar-refractivity contribution is 4.80. The third-order valence-electron chi connectivity index (χ3n) is 1.94. The highest BCUT2D eigenvalue weighted by atomic mass is 16.5. The van der Waals surface area contributed by atoms with Gasteiger partial charge < -0.3 is 10.1 Å². The highest BCUT2D eigenvalue weighted by Crippen LogP contribution is 2.18. The van der Waals surface area contributed by atoms with Gasteiger partial charge in [0.25, 0.3) is 0 Å². The third-order valence-corrected chi connectivity index (χ3v) is 1.94. The molecule has 12 heavy (non-hydrogen) atoms. The molecule has 2 nitrogen and oxygen atoms in total. The van der Waals surface area contributed by atoms with Gasteiger partial charge >= 0.3 is 0 Å². The Morgan fingerprint density at radius 1 is 1.42 bits per heavy atom. The standard InChI is InChI=1S/C10H19NO/c1-2-3-8-12-9-4-7-11-10-5-6-10/h2,10-11H,1,3-9H2. The van der Waals surface area contributed by atoms with E-state index < -0.39 is 0 Å². The molecular weight excluding hydrogens is 150 g/mol. The molecular formula is C10H19NO. The minimum absolute atomic E-state index is 0.826. The van der Waals surface area contributed by atoms with Gasteiger partial charge in [0, 0.05) is 19.3 Å². The van der Waals surface area contributed by atoms with Crippen molar-refractivity contribution in [2.45, 2.75) is 31.7 Å². The van der Waals surface area contributed by atoms with E-state index in [1.54, 1.807) is 0 Å². The summed E-state index contributed by atoms with van der Waals surface area (Å²) >= 11 is 0. The lowest BCUT2D eigenvalue weighted by atomic mass is 10.4. The SMILES string of the molecule is C=CCCOCCCNC1CC1. The molecule has 70 valence electrons. The lowest BCUT2D eigenvalue weighted by molar-refractivity contribution is 0.136. The zero-order valence-corrected chi connectivity index (χ0v) is 7.72. The maximum Gasteiger partial charge on any atom is 0.0500 e. The van der Waals surface area contributed by atoms with Crippen molar-refractivity contribution >= 4 is 0 Å². The van der Waals surface area contributed by atoms with Gasteiger partial charge in [0.1, 0.15) is 0 Å². The van der Waals surface area contributed by atoms with Crippen LogP contribution in [0.2, 0.25) is 0 Å². The van der Waals surface area contributed by atoms with E-state index >= 15 is 0 Å². The molecule has 0 aromatic carbocycles. The first-order chi connectivity index (χ1) is 5.93. The monoisotopic (exact) mass is 169 g/mol. The maximum absolute atomic E-state index is 5.37. The van der Waals surface area contributed by atoms with Gasteiger partial charge in [0.2, 0.25) is 0 Å². The molecule has 0 aliphatic heterocycles. The second-order valence-electron chi connectivity index (χ2n) is 3.27. The molecule has 1 N–H and O–H groups in total. The van der Waals surface area contributed by atoms with Gasteiger partial charge in [-0.25, -0.2) is 0 Å². The van der Waals surface area contributed by atoms with Gasteiger partial charge in [-0.15, -0.1) is 6.58 Å². The Morgan fingerprint density at radius 2 is 2.25 bits per heavy atom. The first kappa shape index (κ1) is 9.75. The molecule has 0 atom stereocenters. The smallest absolute Gasteiger partial charge is 0.0500 e. The van der Waals surface area contributed by atoms with Crippen LogP contribution in [-0.2, 0) is 4.74 Å². The van der Waals surface area contributed by atoms with Crippen LogP contribution < -0.4 is 5.32 Å². The van der Waals surface area contributed by atoms with Crippen molar-refractivity contribution in [3.8, 4) is 0 Å². The Bertz CT molecular complexity index is 121. The van der Waals surface area contributed by atoms with E-state index in [4.69, 9.17) is 4.74 Å². The second-order valence-corrected chi connectivity index (χ2v) is 3.27. The third kappa shape index (κ3) is 5.33. The number of hydrogen-bond donors (Lipinski definition) is 1. The summed E-state index contributed by atoms with van der Waals surface area (Å²) in [6.07, 6.45) is 6.74. The fraction of sp³-hybridized carbons (Fsp3) is 0.800. The van der Waals surface area contributed by atoms with Crippen LogP contribution in [0.25, 0.3) is 0 Å². The summed E-state index contributed by atoms with van der Waals surface area (Å²) < 4.78 is 5.37. The Morgan fingerprint density at radius 3 is 2.92 bits per heavy atom. The molecule has 0 aromatic rings. The molecule has 0 amide bonds. The fourth-order valence-electron chi connectivity index (χ4n) is 1.04. The molecule has 0 heterocycles. The Labute approximate surface area is 75.0 Å². The number of hydrogen-bond acceptors (Lipinski definition) is 2. The fourth-order valence-corrected chi connectivity index (χ4v) is 1.04. The minimum atomic E-state index is 0.826. The molecule has 1 rings (SSSR count). The van der Waals surface area contributed by atoms with Crippen molar-refractivity contribution in [1.82, 2.24) is 5.32 Å². The first-order valence-corrected chi connectivity index (χ1v) is 4.85. The van der Waals surface area contributed by atoms with Crippen LogP contribution in [0, 0.1) is 0 Å².